The molecule has 0 radical (unpaired) electrons. The Morgan fingerprint density at radius 3 is 2.19 bits per heavy atom. The second-order valence-electron chi connectivity index (χ2n) is 7.96. The molecule has 7 heteroatoms. The molecule has 0 aromatic heterocycles. The van der Waals surface area contributed by atoms with Crippen molar-refractivity contribution in [2.75, 3.05) is 26.9 Å². The number of hydroxylamine groups is 2. The monoisotopic (exact) mass is 382 g/mol. The van der Waals surface area contributed by atoms with Crippen LogP contribution in [0.15, 0.2) is 25.3 Å². The summed E-state index contributed by atoms with van der Waals surface area (Å²) in [6.45, 7) is 15.8. The lowest BCUT2D eigenvalue weighted by atomic mass is 9.78. The number of hydrogen-bond donors (Lipinski definition) is 0. The number of piperidine rings is 1. The molecule has 1 aliphatic rings. The van der Waals surface area contributed by atoms with Crippen LogP contribution in [-0.2, 0) is 23.9 Å². The van der Waals surface area contributed by atoms with Gasteiger partial charge in [-0.1, -0.05) is 18.7 Å². The Morgan fingerprint density at radius 1 is 1.19 bits per heavy atom. The van der Waals surface area contributed by atoms with Crippen LogP contribution in [0.2, 0.25) is 0 Å². The summed E-state index contributed by atoms with van der Waals surface area (Å²) >= 11 is 0. The number of aldehydes is 1. The Bertz CT molecular complexity index is 514. The van der Waals surface area contributed by atoms with Gasteiger partial charge in [0.2, 0.25) is 0 Å². The lowest BCUT2D eigenvalue weighted by Crippen LogP contribution is -2.65. The Morgan fingerprint density at radius 2 is 1.74 bits per heavy atom. The zero-order valence-corrected chi connectivity index (χ0v) is 17.3. The fourth-order valence-corrected chi connectivity index (χ4v) is 4.09. The van der Waals surface area contributed by atoms with Gasteiger partial charge in [0, 0.05) is 17.1 Å². The minimum atomic E-state index is -0.857. The highest BCUT2D eigenvalue weighted by Crippen LogP contribution is 2.40. The lowest BCUT2D eigenvalue weighted by Gasteiger charge is -2.55. The molecule has 1 fully saturated rings. The van der Waals surface area contributed by atoms with Gasteiger partial charge in [0.1, 0.15) is 6.61 Å². The first-order valence-corrected chi connectivity index (χ1v) is 9.17. The van der Waals surface area contributed by atoms with Crippen molar-refractivity contribution in [3.63, 3.8) is 0 Å². The number of hydrogen-bond acceptors (Lipinski definition) is 7. The maximum atomic E-state index is 12.3. The minimum Gasteiger partial charge on any atom is -0.461 e. The van der Waals surface area contributed by atoms with E-state index in [-0.39, 0.29) is 36.9 Å². The van der Waals surface area contributed by atoms with Gasteiger partial charge in [0.05, 0.1) is 20.3 Å². The summed E-state index contributed by atoms with van der Waals surface area (Å²) in [7, 11) is 1.66. The van der Waals surface area contributed by atoms with E-state index in [1.165, 1.54) is 6.08 Å². The Kier molecular flexibility index (Phi) is 8.81. The van der Waals surface area contributed by atoms with Crippen molar-refractivity contribution in [2.24, 2.45) is 0 Å². The van der Waals surface area contributed by atoms with Crippen LogP contribution in [0.5, 0.6) is 0 Å². The minimum absolute atomic E-state index is 0.0435. The van der Waals surface area contributed by atoms with Crippen LogP contribution in [0.1, 0.15) is 40.5 Å². The van der Waals surface area contributed by atoms with Gasteiger partial charge in [-0.2, -0.15) is 5.06 Å². The van der Waals surface area contributed by atoms with E-state index in [0.717, 1.165) is 0 Å². The average molecular weight is 383 g/mol. The smallest absolute Gasteiger partial charge is 0.320 e. The van der Waals surface area contributed by atoms with Crippen molar-refractivity contribution in [1.82, 2.24) is 9.96 Å². The molecule has 1 unspecified atom stereocenters. The summed E-state index contributed by atoms with van der Waals surface area (Å²) < 4.78 is 10.8. The summed E-state index contributed by atoms with van der Waals surface area (Å²) in [5.41, 5.74) is -0.591. The first kappa shape index (κ1) is 23.5. The average Bonchev–Trinajstić information content (AvgIpc) is 2.57. The summed E-state index contributed by atoms with van der Waals surface area (Å²) in [6.07, 6.45) is 4.34. The second-order valence-corrected chi connectivity index (χ2v) is 7.96. The van der Waals surface area contributed by atoms with E-state index in [4.69, 9.17) is 14.3 Å². The van der Waals surface area contributed by atoms with Gasteiger partial charge in [-0.05, 0) is 40.5 Å². The molecule has 154 valence electrons. The highest BCUT2D eigenvalue weighted by Gasteiger charge is 2.48. The first-order chi connectivity index (χ1) is 12.6. The lowest BCUT2D eigenvalue weighted by molar-refractivity contribution is -0.275. The van der Waals surface area contributed by atoms with Crippen molar-refractivity contribution in [3.05, 3.63) is 25.3 Å². The molecule has 7 nitrogen and oxygen atoms in total. The van der Waals surface area contributed by atoms with E-state index in [1.807, 2.05) is 5.06 Å². The van der Waals surface area contributed by atoms with Crippen LogP contribution in [0.25, 0.3) is 0 Å². The summed E-state index contributed by atoms with van der Waals surface area (Å²) in [6, 6.07) is -0.0716. The van der Waals surface area contributed by atoms with E-state index in [2.05, 4.69) is 40.9 Å². The van der Waals surface area contributed by atoms with Gasteiger partial charge in [-0.15, -0.1) is 6.58 Å². The van der Waals surface area contributed by atoms with Crippen LogP contribution >= 0.6 is 0 Å². The number of nitrogens with zero attached hydrogens (tertiary/aromatic N) is 2. The van der Waals surface area contributed by atoms with Crippen LogP contribution in [-0.4, -0.2) is 72.4 Å². The third-order valence-corrected chi connectivity index (χ3v) is 4.72. The fraction of sp³-hybridized carbons (Fsp3) is 0.700. The molecular weight excluding hydrogens is 348 g/mol. The Hall–Kier alpha value is -1.54. The summed E-state index contributed by atoms with van der Waals surface area (Å²) in [5.74, 6) is -0.422. The highest BCUT2D eigenvalue weighted by atomic mass is 16.7. The SMILES string of the molecule is C=CCOC(=O)CN(C1CC(C)(C)N(OC)C(C)(C)C1)C(C=O)OCC=C. The van der Waals surface area contributed by atoms with Crippen molar-refractivity contribution in [2.45, 2.75) is 63.9 Å². The predicted octanol–water partition coefficient (Wildman–Crippen LogP) is 2.33. The molecule has 0 saturated carbocycles. The van der Waals surface area contributed by atoms with E-state index >= 15 is 0 Å². The van der Waals surface area contributed by atoms with E-state index in [0.29, 0.717) is 19.1 Å². The van der Waals surface area contributed by atoms with Gasteiger partial charge in [-0.25, -0.2) is 0 Å². The third-order valence-electron chi connectivity index (χ3n) is 4.72. The molecule has 0 N–H and O–H groups in total. The Balaban J connectivity index is 3.12. The van der Waals surface area contributed by atoms with Crippen molar-refractivity contribution >= 4 is 12.3 Å². The molecule has 1 heterocycles. The number of carbonyl (C=O) groups excluding carboxylic acids is 2. The number of carbonyl (C=O) groups is 2. The standard InChI is InChI=1S/C20H34N2O5/c1-8-10-26-17(15-23)21(14-18(24)27-11-9-2)16-12-19(3,4)22(25-7)20(5,6)13-16/h8-9,15-17H,1-2,10-14H2,3-7H3. The molecule has 1 saturated heterocycles. The zero-order chi connectivity index (χ0) is 20.7. The van der Waals surface area contributed by atoms with Gasteiger partial charge in [0.25, 0.3) is 0 Å². The van der Waals surface area contributed by atoms with Crippen molar-refractivity contribution < 1.29 is 23.9 Å². The fourth-order valence-electron chi connectivity index (χ4n) is 4.09. The molecule has 0 bridgehead atoms. The van der Waals surface area contributed by atoms with E-state index in [1.54, 1.807) is 18.1 Å². The molecule has 1 rings (SSSR count). The zero-order valence-electron chi connectivity index (χ0n) is 17.3. The number of ether oxygens (including phenoxy) is 2. The quantitative estimate of drug-likeness (QED) is 0.235. The van der Waals surface area contributed by atoms with Crippen LogP contribution < -0.4 is 0 Å². The van der Waals surface area contributed by atoms with Crippen LogP contribution in [0.4, 0.5) is 0 Å². The van der Waals surface area contributed by atoms with Crippen molar-refractivity contribution in [1.29, 1.82) is 0 Å². The highest BCUT2D eigenvalue weighted by molar-refractivity contribution is 5.72. The summed E-state index contributed by atoms with van der Waals surface area (Å²) in [5, 5.41) is 1.98. The van der Waals surface area contributed by atoms with E-state index < -0.39 is 12.2 Å². The molecule has 1 atom stereocenters. The molecular formula is C20H34N2O5. The maximum Gasteiger partial charge on any atom is 0.320 e. The second kappa shape index (κ2) is 10.1. The van der Waals surface area contributed by atoms with Gasteiger partial charge < -0.3 is 14.3 Å². The Labute approximate surface area is 162 Å². The van der Waals surface area contributed by atoms with Crippen molar-refractivity contribution in [3.8, 4) is 0 Å². The third kappa shape index (κ3) is 6.24. The molecule has 1 aliphatic heterocycles. The number of rotatable bonds is 11. The number of esters is 1. The molecule has 27 heavy (non-hydrogen) atoms. The van der Waals surface area contributed by atoms with Gasteiger partial charge in [0.15, 0.2) is 12.5 Å². The predicted molar refractivity (Wildman–Crippen MR) is 104 cm³/mol. The topological polar surface area (TPSA) is 68.3 Å². The summed E-state index contributed by atoms with van der Waals surface area (Å²) in [4.78, 5) is 31.4. The van der Waals surface area contributed by atoms with Crippen LogP contribution in [0.3, 0.4) is 0 Å². The molecule has 0 aromatic carbocycles. The maximum absolute atomic E-state index is 12.3. The van der Waals surface area contributed by atoms with Gasteiger partial charge >= 0.3 is 5.97 Å². The van der Waals surface area contributed by atoms with Crippen LogP contribution in [0, 0.1) is 0 Å². The molecule has 0 spiro atoms. The first-order valence-electron chi connectivity index (χ1n) is 9.17. The van der Waals surface area contributed by atoms with Gasteiger partial charge in [-0.3, -0.25) is 14.5 Å². The molecule has 0 aromatic rings. The van der Waals surface area contributed by atoms with E-state index in [9.17, 15) is 9.59 Å². The molecule has 0 aliphatic carbocycles. The molecule has 0 amide bonds. The largest absolute Gasteiger partial charge is 0.461 e. The normalized spacial score (nSPS) is 20.8.